The number of benzene rings is 2. The second-order valence-corrected chi connectivity index (χ2v) is 4.64. The number of nitrogens with one attached hydrogen (secondary N) is 1. The van der Waals surface area contributed by atoms with Gasteiger partial charge in [0.1, 0.15) is 0 Å². The largest absolute Gasteiger partial charge is 0.322 e. The molecule has 0 radical (unpaired) electrons. The van der Waals surface area contributed by atoms with Gasteiger partial charge >= 0.3 is 0 Å². The van der Waals surface area contributed by atoms with E-state index < -0.39 is 0 Å². The molecule has 1 N–H and O–H groups in total. The van der Waals surface area contributed by atoms with Crippen LogP contribution >= 0.6 is 11.6 Å². The molecule has 0 aliphatic heterocycles. The van der Waals surface area contributed by atoms with Gasteiger partial charge in [-0.15, -0.1) is 0 Å². The minimum absolute atomic E-state index is 0.133. The number of halogens is 1. The van der Waals surface area contributed by atoms with Crippen LogP contribution in [-0.2, 0) is 4.79 Å². The molecule has 2 rings (SSSR count). The number of carbonyl (C=O) groups is 1. The van der Waals surface area contributed by atoms with Crippen molar-refractivity contribution in [2.75, 3.05) is 5.32 Å². The molecule has 0 fully saturated rings. The lowest BCUT2D eigenvalue weighted by molar-refractivity contribution is -0.112. The van der Waals surface area contributed by atoms with Gasteiger partial charge in [0.25, 0.3) is 5.91 Å². The first-order chi connectivity index (χ1) is 9.15. The summed E-state index contributed by atoms with van der Waals surface area (Å²) in [5.41, 5.74) is 2.34. The van der Waals surface area contributed by atoms with Gasteiger partial charge < -0.3 is 5.32 Å². The Morgan fingerprint density at radius 3 is 2.53 bits per heavy atom. The zero-order valence-corrected chi connectivity index (χ0v) is 11.3. The molecular weight excluding hydrogens is 258 g/mol. The summed E-state index contributed by atoms with van der Waals surface area (Å²) in [6, 6.07) is 16.8. The van der Waals surface area contributed by atoms with E-state index in [0.29, 0.717) is 16.3 Å². The number of amides is 1. The van der Waals surface area contributed by atoms with Crippen molar-refractivity contribution in [1.82, 2.24) is 0 Å². The molecule has 3 heteroatoms. The molecule has 0 unspecified atom stereocenters. The third-order valence-corrected chi connectivity index (χ3v) is 2.86. The summed E-state index contributed by atoms with van der Waals surface area (Å²) in [5, 5.41) is 3.41. The first-order valence-electron chi connectivity index (χ1n) is 5.95. The van der Waals surface area contributed by atoms with E-state index in [2.05, 4.69) is 5.32 Å². The highest BCUT2D eigenvalue weighted by Crippen LogP contribution is 2.16. The highest BCUT2D eigenvalue weighted by atomic mass is 35.5. The number of anilines is 1. The van der Waals surface area contributed by atoms with Gasteiger partial charge in [0, 0.05) is 16.3 Å². The second kappa shape index (κ2) is 6.21. The van der Waals surface area contributed by atoms with Crippen molar-refractivity contribution in [2.24, 2.45) is 0 Å². The monoisotopic (exact) mass is 271 g/mol. The predicted octanol–water partition coefficient (Wildman–Crippen LogP) is 4.38. The number of rotatable bonds is 3. The molecule has 0 saturated carbocycles. The van der Waals surface area contributed by atoms with Crippen molar-refractivity contribution in [3.63, 3.8) is 0 Å². The fourth-order valence-corrected chi connectivity index (χ4v) is 1.85. The van der Waals surface area contributed by atoms with E-state index in [-0.39, 0.29) is 5.91 Å². The van der Waals surface area contributed by atoms with Crippen molar-refractivity contribution in [3.05, 3.63) is 70.8 Å². The maximum Gasteiger partial charge on any atom is 0.251 e. The van der Waals surface area contributed by atoms with Gasteiger partial charge in [0.05, 0.1) is 0 Å². The van der Waals surface area contributed by atoms with Gasteiger partial charge in [-0.1, -0.05) is 48.0 Å². The first kappa shape index (κ1) is 13.4. The molecule has 0 spiro atoms. The van der Waals surface area contributed by atoms with Crippen LogP contribution in [0.2, 0.25) is 5.02 Å². The summed E-state index contributed by atoms with van der Waals surface area (Å²) < 4.78 is 0. The lowest BCUT2D eigenvalue weighted by Crippen LogP contribution is -2.12. The Morgan fingerprint density at radius 2 is 1.84 bits per heavy atom. The molecule has 0 saturated heterocycles. The van der Waals surface area contributed by atoms with Crippen LogP contribution in [0.15, 0.2) is 60.2 Å². The van der Waals surface area contributed by atoms with Crippen LogP contribution in [0, 0.1) is 0 Å². The molecule has 2 aromatic rings. The average Bonchev–Trinajstić information content (AvgIpc) is 2.40. The van der Waals surface area contributed by atoms with E-state index in [0.717, 1.165) is 5.56 Å². The molecule has 0 aliphatic rings. The van der Waals surface area contributed by atoms with Crippen LogP contribution in [0.5, 0.6) is 0 Å². The molecule has 0 bridgehead atoms. The van der Waals surface area contributed by atoms with Crippen LogP contribution < -0.4 is 5.32 Å². The third-order valence-electron chi connectivity index (χ3n) is 2.62. The van der Waals surface area contributed by atoms with Crippen molar-refractivity contribution in [2.45, 2.75) is 6.92 Å². The molecule has 0 aromatic heterocycles. The van der Waals surface area contributed by atoms with Gasteiger partial charge in [0.15, 0.2) is 0 Å². The van der Waals surface area contributed by atoms with Gasteiger partial charge in [-0.25, -0.2) is 0 Å². The van der Waals surface area contributed by atoms with E-state index in [1.54, 1.807) is 31.2 Å². The van der Waals surface area contributed by atoms with E-state index >= 15 is 0 Å². The topological polar surface area (TPSA) is 29.1 Å². The molecule has 0 heterocycles. The number of hydrogen-bond donors (Lipinski definition) is 1. The summed E-state index contributed by atoms with van der Waals surface area (Å²) >= 11 is 5.87. The fraction of sp³-hybridized carbons (Fsp3) is 0.0625. The van der Waals surface area contributed by atoms with Crippen molar-refractivity contribution >= 4 is 29.3 Å². The van der Waals surface area contributed by atoms with Gasteiger partial charge in [-0.3, -0.25) is 4.79 Å². The van der Waals surface area contributed by atoms with Gasteiger partial charge in [-0.05, 0) is 36.8 Å². The molecule has 96 valence electrons. The van der Waals surface area contributed by atoms with E-state index in [9.17, 15) is 4.79 Å². The maximum atomic E-state index is 12.0. The number of hydrogen-bond acceptors (Lipinski definition) is 1. The van der Waals surface area contributed by atoms with Crippen molar-refractivity contribution in [1.29, 1.82) is 0 Å². The zero-order valence-electron chi connectivity index (χ0n) is 10.6. The Hall–Kier alpha value is -2.06. The summed E-state index contributed by atoms with van der Waals surface area (Å²) in [7, 11) is 0. The quantitative estimate of drug-likeness (QED) is 0.825. The van der Waals surface area contributed by atoms with E-state index in [1.165, 1.54) is 0 Å². The van der Waals surface area contributed by atoms with E-state index in [4.69, 9.17) is 11.6 Å². The molecule has 0 aliphatic carbocycles. The second-order valence-electron chi connectivity index (χ2n) is 4.20. The smallest absolute Gasteiger partial charge is 0.251 e. The van der Waals surface area contributed by atoms with Crippen LogP contribution in [0.25, 0.3) is 6.08 Å². The summed E-state index contributed by atoms with van der Waals surface area (Å²) in [6.07, 6.45) is 1.85. The minimum Gasteiger partial charge on any atom is -0.322 e. The summed E-state index contributed by atoms with van der Waals surface area (Å²) in [6.45, 7) is 1.78. The van der Waals surface area contributed by atoms with Crippen LogP contribution in [0.4, 0.5) is 5.69 Å². The fourth-order valence-electron chi connectivity index (χ4n) is 1.66. The predicted molar refractivity (Wildman–Crippen MR) is 80.2 cm³/mol. The Labute approximate surface area is 117 Å². The zero-order chi connectivity index (χ0) is 13.7. The van der Waals surface area contributed by atoms with Crippen LogP contribution in [-0.4, -0.2) is 5.91 Å². The standard InChI is InChI=1S/C16H14ClNO/c1-12(10-13-6-3-2-4-7-13)16(19)18-15-9-5-8-14(17)11-15/h2-11H,1H3,(H,18,19)/b12-10+. The maximum absolute atomic E-state index is 12.0. The Bertz CT molecular complexity index is 605. The van der Waals surface area contributed by atoms with Crippen molar-refractivity contribution in [3.8, 4) is 0 Å². The minimum atomic E-state index is -0.133. The Kier molecular flexibility index (Phi) is 4.37. The third kappa shape index (κ3) is 3.97. The molecular formula is C16H14ClNO. The molecule has 2 nitrogen and oxygen atoms in total. The molecule has 2 aromatic carbocycles. The summed E-state index contributed by atoms with van der Waals surface area (Å²) in [4.78, 5) is 12.0. The lowest BCUT2D eigenvalue weighted by atomic mass is 10.1. The lowest BCUT2D eigenvalue weighted by Gasteiger charge is -2.05. The van der Waals surface area contributed by atoms with Crippen molar-refractivity contribution < 1.29 is 4.79 Å². The Balaban J connectivity index is 2.10. The van der Waals surface area contributed by atoms with Crippen LogP contribution in [0.1, 0.15) is 12.5 Å². The van der Waals surface area contributed by atoms with Gasteiger partial charge in [0.2, 0.25) is 0 Å². The SMILES string of the molecule is C/C(=C\c1ccccc1)C(=O)Nc1cccc(Cl)c1. The average molecular weight is 272 g/mol. The first-order valence-corrected chi connectivity index (χ1v) is 6.33. The van der Waals surface area contributed by atoms with E-state index in [1.807, 2.05) is 36.4 Å². The van der Waals surface area contributed by atoms with Gasteiger partial charge in [-0.2, -0.15) is 0 Å². The number of carbonyl (C=O) groups excluding carboxylic acids is 1. The highest BCUT2D eigenvalue weighted by molar-refractivity contribution is 6.31. The molecule has 1 amide bonds. The molecule has 19 heavy (non-hydrogen) atoms. The molecule has 0 atom stereocenters. The Morgan fingerprint density at radius 1 is 1.11 bits per heavy atom. The highest BCUT2D eigenvalue weighted by Gasteiger charge is 2.05. The summed E-state index contributed by atoms with van der Waals surface area (Å²) in [5.74, 6) is -0.133. The normalized spacial score (nSPS) is 11.2. The van der Waals surface area contributed by atoms with Crippen LogP contribution in [0.3, 0.4) is 0 Å².